The zero-order valence-electron chi connectivity index (χ0n) is 9.36. The normalized spacial score (nSPS) is 18.1. The van der Waals surface area contributed by atoms with Crippen molar-refractivity contribution in [2.75, 3.05) is 0 Å². The van der Waals surface area contributed by atoms with Crippen LogP contribution >= 0.6 is 11.6 Å². The molecule has 0 amide bonds. The predicted octanol–water partition coefficient (Wildman–Crippen LogP) is 3.35. The first-order valence-corrected chi connectivity index (χ1v) is 6.13. The van der Waals surface area contributed by atoms with Gasteiger partial charge in [0.25, 0.3) is 0 Å². The summed E-state index contributed by atoms with van der Waals surface area (Å²) in [4.78, 5) is 4.68. The number of hydrogen-bond donors (Lipinski definition) is 1. The average Bonchev–Trinajstić information content (AvgIpc) is 2.72. The van der Waals surface area contributed by atoms with E-state index in [0.29, 0.717) is 0 Å². The Morgan fingerprint density at radius 1 is 1.12 bits per heavy atom. The molecule has 1 atom stereocenters. The van der Waals surface area contributed by atoms with E-state index in [4.69, 9.17) is 17.3 Å². The number of aryl methyl sites for hydroxylation is 1. The Kier molecular flexibility index (Phi) is 2.61. The van der Waals surface area contributed by atoms with Gasteiger partial charge in [-0.1, -0.05) is 29.8 Å². The molecular formula is C14H13ClN2. The second-order valence-electron chi connectivity index (χ2n) is 4.38. The molecule has 0 bridgehead atoms. The van der Waals surface area contributed by atoms with Gasteiger partial charge in [0, 0.05) is 22.3 Å². The molecule has 1 heterocycles. The summed E-state index contributed by atoms with van der Waals surface area (Å²) < 4.78 is 0. The molecule has 17 heavy (non-hydrogen) atoms. The van der Waals surface area contributed by atoms with E-state index >= 15 is 0 Å². The first-order chi connectivity index (χ1) is 8.24. The Morgan fingerprint density at radius 3 is 2.65 bits per heavy atom. The topological polar surface area (TPSA) is 38.9 Å². The van der Waals surface area contributed by atoms with Crippen molar-refractivity contribution in [1.29, 1.82) is 0 Å². The summed E-state index contributed by atoms with van der Waals surface area (Å²) in [6, 6.07) is 12.1. The lowest BCUT2D eigenvalue weighted by molar-refractivity contribution is 0.712. The molecular weight excluding hydrogens is 232 g/mol. The van der Waals surface area contributed by atoms with Crippen LogP contribution < -0.4 is 5.73 Å². The van der Waals surface area contributed by atoms with Crippen molar-refractivity contribution in [3.05, 3.63) is 52.7 Å². The molecule has 1 aliphatic carbocycles. The Hall–Kier alpha value is -1.38. The van der Waals surface area contributed by atoms with Crippen LogP contribution in [0.3, 0.4) is 0 Å². The minimum Gasteiger partial charge on any atom is -0.324 e. The van der Waals surface area contributed by atoms with Crippen molar-refractivity contribution in [2.45, 2.75) is 18.9 Å². The van der Waals surface area contributed by atoms with E-state index in [9.17, 15) is 0 Å². The molecule has 0 saturated heterocycles. The number of hydrogen-bond acceptors (Lipinski definition) is 2. The van der Waals surface area contributed by atoms with E-state index in [2.05, 4.69) is 11.1 Å². The van der Waals surface area contributed by atoms with Crippen LogP contribution in [-0.2, 0) is 6.42 Å². The molecule has 3 heteroatoms. The van der Waals surface area contributed by atoms with Crippen LogP contribution in [-0.4, -0.2) is 4.98 Å². The molecule has 2 aromatic rings. The number of halogens is 1. The zero-order valence-corrected chi connectivity index (χ0v) is 10.1. The molecule has 3 rings (SSSR count). The third kappa shape index (κ3) is 1.94. The van der Waals surface area contributed by atoms with Gasteiger partial charge in [0.2, 0.25) is 0 Å². The number of benzene rings is 1. The average molecular weight is 245 g/mol. The Bertz CT molecular complexity index is 549. The number of aromatic nitrogens is 1. The van der Waals surface area contributed by atoms with Crippen LogP contribution in [0.2, 0.25) is 5.02 Å². The van der Waals surface area contributed by atoms with Crippen molar-refractivity contribution in [3.63, 3.8) is 0 Å². The lowest BCUT2D eigenvalue weighted by Gasteiger charge is -2.06. The maximum atomic E-state index is 6.00. The number of rotatable bonds is 1. The highest BCUT2D eigenvalue weighted by Gasteiger charge is 2.20. The molecule has 0 saturated carbocycles. The molecule has 0 spiro atoms. The summed E-state index contributed by atoms with van der Waals surface area (Å²) in [7, 11) is 0. The van der Waals surface area contributed by atoms with E-state index in [-0.39, 0.29) is 6.04 Å². The molecule has 86 valence electrons. The molecule has 0 aliphatic heterocycles. The van der Waals surface area contributed by atoms with Crippen molar-refractivity contribution in [1.82, 2.24) is 4.98 Å². The summed E-state index contributed by atoms with van der Waals surface area (Å²) in [5.41, 5.74) is 10.4. The van der Waals surface area contributed by atoms with Gasteiger partial charge in [-0.2, -0.15) is 0 Å². The van der Waals surface area contributed by atoms with E-state index in [1.807, 2.05) is 30.3 Å². The molecule has 0 radical (unpaired) electrons. The molecule has 1 aliphatic rings. The maximum absolute atomic E-state index is 6.00. The van der Waals surface area contributed by atoms with Gasteiger partial charge in [-0.05, 0) is 36.6 Å². The highest BCUT2D eigenvalue weighted by Crippen LogP contribution is 2.30. The fourth-order valence-corrected chi connectivity index (χ4v) is 2.41. The Labute approximate surface area is 105 Å². The fourth-order valence-electron chi connectivity index (χ4n) is 2.28. The monoisotopic (exact) mass is 244 g/mol. The first-order valence-electron chi connectivity index (χ1n) is 5.75. The lowest BCUT2D eigenvalue weighted by atomic mass is 10.1. The molecule has 2 nitrogen and oxygen atoms in total. The quantitative estimate of drug-likeness (QED) is 0.836. The van der Waals surface area contributed by atoms with E-state index in [0.717, 1.165) is 34.8 Å². The molecule has 1 aromatic heterocycles. The fraction of sp³-hybridized carbons (Fsp3) is 0.214. The van der Waals surface area contributed by atoms with Crippen LogP contribution in [0, 0.1) is 0 Å². The largest absolute Gasteiger partial charge is 0.324 e. The predicted molar refractivity (Wildman–Crippen MR) is 69.9 cm³/mol. The smallest absolute Gasteiger partial charge is 0.0705 e. The van der Waals surface area contributed by atoms with Gasteiger partial charge < -0.3 is 5.73 Å². The van der Waals surface area contributed by atoms with Gasteiger partial charge in [0.1, 0.15) is 0 Å². The highest BCUT2D eigenvalue weighted by atomic mass is 35.5. The van der Waals surface area contributed by atoms with Crippen molar-refractivity contribution >= 4 is 11.6 Å². The summed E-state index contributed by atoms with van der Waals surface area (Å²) >= 11 is 5.88. The van der Waals surface area contributed by atoms with Crippen LogP contribution in [0.4, 0.5) is 0 Å². The molecule has 0 fully saturated rings. The summed E-state index contributed by atoms with van der Waals surface area (Å²) in [5.74, 6) is 0. The summed E-state index contributed by atoms with van der Waals surface area (Å²) in [6.07, 6.45) is 1.99. The lowest BCUT2D eigenvalue weighted by Crippen LogP contribution is -2.05. The number of fused-ring (bicyclic) bond motifs is 1. The number of pyridine rings is 1. The zero-order chi connectivity index (χ0) is 11.8. The maximum Gasteiger partial charge on any atom is 0.0705 e. The van der Waals surface area contributed by atoms with Crippen LogP contribution in [0.1, 0.15) is 23.7 Å². The second kappa shape index (κ2) is 4.13. The van der Waals surface area contributed by atoms with Gasteiger partial charge in [-0.15, -0.1) is 0 Å². The third-order valence-electron chi connectivity index (χ3n) is 3.24. The van der Waals surface area contributed by atoms with Gasteiger partial charge in [-0.25, -0.2) is 0 Å². The SMILES string of the molecule is NC1CCc2nc(-c3ccc(Cl)cc3)ccc21. The van der Waals surface area contributed by atoms with E-state index in [1.54, 1.807) is 0 Å². The summed E-state index contributed by atoms with van der Waals surface area (Å²) in [6.45, 7) is 0. The number of nitrogens with zero attached hydrogens (tertiary/aromatic N) is 1. The van der Waals surface area contributed by atoms with E-state index < -0.39 is 0 Å². The Morgan fingerprint density at radius 2 is 1.88 bits per heavy atom. The van der Waals surface area contributed by atoms with Gasteiger partial charge in [0.05, 0.1) is 5.69 Å². The highest BCUT2D eigenvalue weighted by molar-refractivity contribution is 6.30. The minimum atomic E-state index is 0.164. The molecule has 1 unspecified atom stereocenters. The van der Waals surface area contributed by atoms with Crippen LogP contribution in [0.15, 0.2) is 36.4 Å². The van der Waals surface area contributed by atoms with Crippen molar-refractivity contribution in [3.8, 4) is 11.3 Å². The third-order valence-corrected chi connectivity index (χ3v) is 3.49. The van der Waals surface area contributed by atoms with Crippen molar-refractivity contribution in [2.24, 2.45) is 5.73 Å². The van der Waals surface area contributed by atoms with E-state index in [1.165, 1.54) is 5.56 Å². The Balaban J connectivity index is 2.02. The minimum absolute atomic E-state index is 0.164. The van der Waals surface area contributed by atoms with Crippen LogP contribution in [0.25, 0.3) is 11.3 Å². The van der Waals surface area contributed by atoms with Crippen molar-refractivity contribution < 1.29 is 0 Å². The summed E-state index contributed by atoms with van der Waals surface area (Å²) in [5, 5.41) is 0.747. The second-order valence-corrected chi connectivity index (χ2v) is 4.82. The first kappa shape index (κ1) is 10.8. The molecule has 2 N–H and O–H groups in total. The van der Waals surface area contributed by atoms with Gasteiger partial charge >= 0.3 is 0 Å². The standard InChI is InChI=1S/C14H13ClN2/c15-10-3-1-9(2-4-10)13-7-5-11-12(16)6-8-14(11)17-13/h1-5,7,12H,6,8,16H2. The molecule has 1 aromatic carbocycles. The van der Waals surface area contributed by atoms with Gasteiger partial charge in [-0.3, -0.25) is 4.98 Å². The van der Waals surface area contributed by atoms with Crippen LogP contribution in [0.5, 0.6) is 0 Å². The number of nitrogens with two attached hydrogens (primary N) is 1. The van der Waals surface area contributed by atoms with Gasteiger partial charge in [0.15, 0.2) is 0 Å².